The summed E-state index contributed by atoms with van der Waals surface area (Å²) in [6.07, 6.45) is 3.48. The maximum absolute atomic E-state index is 12.4. The monoisotopic (exact) mass is 369 g/mol. The van der Waals surface area contributed by atoms with Crippen molar-refractivity contribution in [2.75, 3.05) is 6.26 Å². The molecule has 2 aromatic rings. The number of benzene rings is 2. The average molecular weight is 370 g/mol. The Morgan fingerprint density at radius 3 is 2.32 bits per heavy atom. The molecule has 0 N–H and O–H groups in total. The summed E-state index contributed by atoms with van der Waals surface area (Å²) < 4.78 is 28.9. The number of aryl methyl sites for hydroxylation is 1. The van der Waals surface area contributed by atoms with Crippen molar-refractivity contribution in [1.82, 2.24) is 0 Å². The Hall–Kier alpha value is -2.29. The van der Waals surface area contributed by atoms with Crippen molar-refractivity contribution in [3.8, 4) is 11.8 Å². The van der Waals surface area contributed by atoms with E-state index in [4.69, 9.17) is 0 Å². The first-order chi connectivity index (χ1) is 11.9. The molecule has 0 aliphatic heterocycles. The molecule has 0 heterocycles. The third-order valence-electron chi connectivity index (χ3n) is 3.33. The Labute approximate surface area is 153 Å². The molecule has 0 bridgehead atoms. The molecule has 0 radical (unpaired) electrons. The van der Waals surface area contributed by atoms with Gasteiger partial charge in [-0.15, -0.1) is 11.8 Å². The Morgan fingerprint density at radius 2 is 1.72 bits per heavy atom. The van der Waals surface area contributed by atoms with Gasteiger partial charge in [-0.05, 0) is 56.0 Å². The first kappa shape index (κ1) is 19.0. The van der Waals surface area contributed by atoms with Gasteiger partial charge in [0.25, 0.3) is 10.0 Å². The summed E-state index contributed by atoms with van der Waals surface area (Å²) in [5.41, 5.74) is 2.62. The summed E-state index contributed by atoms with van der Waals surface area (Å²) >= 11 is 1.28. The van der Waals surface area contributed by atoms with Crippen molar-refractivity contribution >= 4 is 26.8 Å². The van der Waals surface area contributed by atoms with E-state index >= 15 is 0 Å². The fraction of sp³-hybridized carbons (Fsp3) is 0.150. The minimum absolute atomic E-state index is 0.188. The van der Waals surface area contributed by atoms with Crippen molar-refractivity contribution in [2.45, 2.75) is 18.7 Å². The largest absolute Gasteiger partial charge is 0.283 e. The SMILES string of the molecule is CSC(=N/S(=O)(=O)c1ccc(C)cc1)/C(C)=C/C#Cc1ccccc1. The van der Waals surface area contributed by atoms with Gasteiger partial charge in [-0.3, -0.25) is 0 Å². The molecule has 0 atom stereocenters. The van der Waals surface area contributed by atoms with Crippen LogP contribution in [0.4, 0.5) is 0 Å². The number of hydrogen-bond acceptors (Lipinski definition) is 3. The van der Waals surface area contributed by atoms with E-state index in [0.717, 1.165) is 11.1 Å². The summed E-state index contributed by atoms with van der Waals surface area (Å²) in [6, 6.07) is 16.3. The number of hydrogen-bond donors (Lipinski definition) is 0. The van der Waals surface area contributed by atoms with Crippen LogP contribution in [0.15, 0.2) is 75.5 Å². The number of thioether (sulfide) groups is 1. The zero-order chi connectivity index (χ0) is 18.3. The van der Waals surface area contributed by atoms with Gasteiger partial charge >= 0.3 is 0 Å². The molecule has 0 spiro atoms. The molecule has 0 aliphatic rings. The van der Waals surface area contributed by atoms with Gasteiger partial charge in [0.1, 0.15) is 5.04 Å². The van der Waals surface area contributed by atoms with E-state index in [-0.39, 0.29) is 4.90 Å². The maximum atomic E-state index is 12.4. The molecular formula is C20H19NO2S2. The number of rotatable bonds is 3. The third-order valence-corrected chi connectivity index (χ3v) is 5.54. The summed E-state index contributed by atoms with van der Waals surface area (Å²) in [5, 5.41) is 0.433. The van der Waals surface area contributed by atoms with Crippen LogP contribution in [0.2, 0.25) is 0 Å². The summed E-state index contributed by atoms with van der Waals surface area (Å²) in [5.74, 6) is 5.96. The fourth-order valence-electron chi connectivity index (χ4n) is 1.95. The quantitative estimate of drug-likeness (QED) is 0.456. The molecule has 2 rings (SSSR count). The molecule has 128 valence electrons. The zero-order valence-corrected chi connectivity index (χ0v) is 16.0. The van der Waals surface area contributed by atoms with Gasteiger partial charge < -0.3 is 0 Å². The van der Waals surface area contributed by atoms with E-state index < -0.39 is 10.0 Å². The Bertz CT molecular complexity index is 946. The smallest absolute Gasteiger partial charge is 0.199 e. The predicted octanol–water partition coefficient (Wildman–Crippen LogP) is 4.44. The van der Waals surface area contributed by atoms with Crippen molar-refractivity contribution in [3.63, 3.8) is 0 Å². The molecule has 0 aromatic heterocycles. The summed E-state index contributed by atoms with van der Waals surface area (Å²) in [7, 11) is -3.73. The second-order valence-corrected chi connectivity index (χ2v) is 7.75. The molecule has 0 saturated heterocycles. The van der Waals surface area contributed by atoms with Crippen LogP contribution in [0, 0.1) is 18.8 Å². The van der Waals surface area contributed by atoms with Gasteiger partial charge in [0.05, 0.1) is 4.90 Å². The van der Waals surface area contributed by atoms with E-state index in [1.54, 1.807) is 43.5 Å². The highest BCUT2D eigenvalue weighted by Crippen LogP contribution is 2.18. The van der Waals surface area contributed by atoms with E-state index in [1.165, 1.54) is 11.8 Å². The highest BCUT2D eigenvalue weighted by molar-refractivity contribution is 8.14. The van der Waals surface area contributed by atoms with Gasteiger partial charge in [-0.1, -0.05) is 47.7 Å². The topological polar surface area (TPSA) is 46.5 Å². The first-order valence-corrected chi connectivity index (χ1v) is 10.3. The lowest BCUT2D eigenvalue weighted by Crippen LogP contribution is -2.03. The van der Waals surface area contributed by atoms with E-state index in [0.29, 0.717) is 10.6 Å². The van der Waals surface area contributed by atoms with Crippen LogP contribution < -0.4 is 0 Å². The van der Waals surface area contributed by atoms with Gasteiger partial charge in [0.15, 0.2) is 0 Å². The zero-order valence-electron chi connectivity index (χ0n) is 14.4. The van der Waals surface area contributed by atoms with Gasteiger partial charge in [-0.25, -0.2) is 0 Å². The third kappa shape index (κ3) is 5.63. The maximum Gasteiger partial charge on any atom is 0.283 e. The van der Waals surface area contributed by atoms with Gasteiger partial charge in [0, 0.05) is 5.56 Å². The number of nitrogens with zero attached hydrogens (tertiary/aromatic N) is 1. The molecule has 25 heavy (non-hydrogen) atoms. The molecule has 5 heteroatoms. The molecule has 0 fully saturated rings. The van der Waals surface area contributed by atoms with E-state index in [1.807, 2.05) is 37.3 Å². The predicted molar refractivity (Wildman–Crippen MR) is 106 cm³/mol. The molecule has 2 aromatic carbocycles. The van der Waals surface area contributed by atoms with Crippen LogP contribution in [0.3, 0.4) is 0 Å². The van der Waals surface area contributed by atoms with Crippen LogP contribution in [-0.2, 0) is 10.0 Å². The van der Waals surface area contributed by atoms with Crippen LogP contribution in [0.25, 0.3) is 0 Å². The summed E-state index contributed by atoms with van der Waals surface area (Å²) in [6.45, 7) is 3.71. The minimum Gasteiger partial charge on any atom is -0.199 e. The second kappa shape index (κ2) is 8.70. The first-order valence-electron chi connectivity index (χ1n) is 7.62. The molecule has 0 amide bonds. The molecule has 0 aliphatic carbocycles. The van der Waals surface area contributed by atoms with Crippen LogP contribution in [0.5, 0.6) is 0 Å². The van der Waals surface area contributed by atoms with Crippen molar-refractivity contribution in [3.05, 3.63) is 77.4 Å². The Morgan fingerprint density at radius 1 is 1.08 bits per heavy atom. The minimum atomic E-state index is -3.73. The standard InChI is InChI=1S/C20H19NO2S2/c1-16-12-14-19(15-13-16)25(22,23)21-20(24-3)17(2)8-7-11-18-9-5-4-6-10-18/h4-6,8-10,12-15H,1-3H3/b17-8+,21-20+. The molecule has 3 nitrogen and oxygen atoms in total. The normalized spacial score (nSPS) is 12.4. The van der Waals surface area contributed by atoms with E-state index in [9.17, 15) is 8.42 Å². The highest BCUT2D eigenvalue weighted by Gasteiger charge is 2.14. The van der Waals surface area contributed by atoms with Gasteiger partial charge in [-0.2, -0.15) is 12.8 Å². The lowest BCUT2D eigenvalue weighted by Gasteiger charge is -2.04. The lowest BCUT2D eigenvalue weighted by atomic mass is 10.2. The van der Waals surface area contributed by atoms with Crippen LogP contribution in [0.1, 0.15) is 18.1 Å². The molecule has 0 unspecified atom stereocenters. The Balaban J connectivity index is 2.28. The number of sulfonamides is 1. The van der Waals surface area contributed by atoms with Crippen molar-refractivity contribution in [1.29, 1.82) is 0 Å². The lowest BCUT2D eigenvalue weighted by molar-refractivity contribution is 0.598. The Kier molecular flexibility index (Phi) is 6.63. The fourth-order valence-corrected chi connectivity index (χ4v) is 3.87. The average Bonchev–Trinajstić information content (AvgIpc) is 2.61. The molecular weight excluding hydrogens is 350 g/mol. The number of allylic oxidation sites excluding steroid dienone is 1. The van der Waals surface area contributed by atoms with E-state index in [2.05, 4.69) is 16.2 Å². The van der Waals surface area contributed by atoms with Crippen LogP contribution >= 0.6 is 11.8 Å². The molecule has 0 saturated carbocycles. The second-order valence-electron chi connectivity index (χ2n) is 5.35. The van der Waals surface area contributed by atoms with Crippen molar-refractivity contribution < 1.29 is 8.42 Å². The van der Waals surface area contributed by atoms with Crippen LogP contribution in [-0.4, -0.2) is 19.7 Å². The van der Waals surface area contributed by atoms with Gasteiger partial charge in [0.2, 0.25) is 0 Å². The highest BCUT2D eigenvalue weighted by atomic mass is 32.2. The van der Waals surface area contributed by atoms with Crippen molar-refractivity contribution in [2.24, 2.45) is 4.40 Å². The summed E-state index contributed by atoms with van der Waals surface area (Å²) in [4.78, 5) is 0.188.